The third-order valence-electron chi connectivity index (χ3n) is 4.90. The van der Waals surface area contributed by atoms with E-state index in [9.17, 15) is 8.78 Å². The van der Waals surface area contributed by atoms with Crippen molar-refractivity contribution in [1.29, 1.82) is 0 Å². The van der Waals surface area contributed by atoms with Crippen molar-refractivity contribution >= 4 is 0 Å². The fourth-order valence-corrected chi connectivity index (χ4v) is 3.63. The SMILES string of the molecule is CC(C1CCCCC1)C1CCC(F)(F)CC1. The second-order valence-corrected chi connectivity index (χ2v) is 5.95. The van der Waals surface area contributed by atoms with Crippen LogP contribution >= 0.6 is 0 Å². The van der Waals surface area contributed by atoms with Crippen molar-refractivity contribution < 1.29 is 8.78 Å². The molecule has 2 aliphatic rings. The van der Waals surface area contributed by atoms with E-state index in [1.54, 1.807) is 0 Å². The quantitative estimate of drug-likeness (QED) is 0.624. The van der Waals surface area contributed by atoms with Crippen molar-refractivity contribution in [2.75, 3.05) is 0 Å². The molecule has 16 heavy (non-hydrogen) atoms. The Bertz CT molecular complexity index is 209. The Morgan fingerprint density at radius 3 is 1.94 bits per heavy atom. The first-order chi connectivity index (χ1) is 7.58. The topological polar surface area (TPSA) is 0 Å². The van der Waals surface area contributed by atoms with Gasteiger partial charge in [0.2, 0.25) is 5.92 Å². The second kappa shape index (κ2) is 5.01. The van der Waals surface area contributed by atoms with Crippen LogP contribution in [0.5, 0.6) is 0 Å². The normalized spacial score (nSPS) is 30.2. The minimum Gasteiger partial charge on any atom is -0.207 e. The van der Waals surface area contributed by atoms with Crippen LogP contribution in [0.4, 0.5) is 8.78 Å². The monoisotopic (exact) mass is 230 g/mol. The summed E-state index contributed by atoms with van der Waals surface area (Å²) >= 11 is 0. The highest BCUT2D eigenvalue weighted by molar-refractivity contribution is 4.83. The fraction of sp³-hybridized carbons (Fsp3) is 1.00. The van der Waals surface area contributed by atoms with Crippen LogP contribution in [0, 0.1) is 17.8 Å². The van der Waals surface area contributed by atoms with E-state index in [0.717, 1.165) is 18.8 Å². The van der Waals surface area contributed by atoms with E-state index in [1.807, 2.05) is 0 Å². The summed E-state index contributed by atoms with van der Waals surface area (Å²) in [5.41, 5.74) is 0. The molecule has 1 atom stereocenters. The van der Waals surface area contributed by atoms with Gasteiger partial charge < -0.3 is 0 Å². The molecule has 2 heteroatoms. The summed E-state index contributed by atoms with van der Waals surface area (Å²) < 4.78 is 26.2. The second-order valence-electron chi connectivity index (χ2n) is 5.95. The Balaban J connectivity index is 1.83. The lowest BCUT2D eigenvalue weighted by atomic mass is 9.70. The number of alkyl halides is 2. The molecule has 0 saturated heterocycles. The molecule has 2 rings (SSSR count). The van der Waals surface area contributed by atoms with Gasteiger partial charge in [0.15, 0.2) is 0 Å². The summed E-state index contributed by atoms with van der Waals surface area (Å²) in [5.74, 6) is -0.285. The van der Waals surface area contributed by atoms with Gasteiger partial charge in [-0.15, -0.1) is 0 Å². The Hall–Kier alpha value is -0.140. The third kappa shape index (κ3) is 2.95. The van der Waals surface area contributed by atoms with Crippen molar-refractivity contribution in [3.05, 3.63) is 0 Å². The molecule has 0 spiro atoms. The largest absolute Gasteiger partial charge is 0.248 e. The Labute approximate surface area is 97.8 Å². The van der Waals surface area contributed by atoms with Gasteiger partial charge in [0, 0.05) is 12.8 Å². The summed E-state index contributed by atoms with van der Waals surface area (Å²) in [4.78, 5) is 0. The number of hydrogen-bond acceptors (Lipinski definition) is 0. The maximum Gasteiger partial charge on any atom is 0.248 e. The molecule has 0 radical (unpaired) electrons. The molecule has 0 nitrogen and oxygen atoms in total. The molecule has 2 saturated carbocycles. The Kier molecular flexibility index (Phi) is 3.86. The zero-order chi connectivity index (χ0) is 11.6. The lowest BCUT2D eigenvalue weighted by molar-refractivity contribution is -0.0555. The van der Waals surface area contributed by atoms with Gasteiger partial charge in [0.25, 0.3) is 0 Å². The average Bonchev–Trinajstić information content (AvgIpc) is 2.29. The molecule has 1 unspecified atom stereocenters. The highest BCUT2D eigenvalue weighted by atomic mass is 19.3. The van der Waals surface area contributed by atoms with Gasteiger partial charge in [-0.3, -0.25) is 0 Å². The van der Waals surface area contributed by atoms with Gasteiger partial charge in [-0.1, -0.05) is 39.0 Å². The van der Waals surface area contributed by atoms with E-state index < -0.39 is 5.92 Å². The van der Waals surface area contributed by atoms with Crippen LogP contribution in [-0.4, -0.2) is 5.92 Å². The number of hydrogen-bond donors (Lipinski definition) is 0. The predicted octanol–water partition coefficient (Wildman–Crippen LogP) is 5.03. The van der Waals surface area contributed by atoms with E-state index in [0.29, 0.717) is 11.8 Å². The first-order valence-corrected chi connectivity index (χ1v) is 6.96. The highest BCUT2D eigenvalue weighted by Gasteiger charge is 2.38. The minimum atomic E-state index is -2.36. The first-order valence-electron chi connectivity index (χ1n) is 6.96. The van der Waals surface area contributed by atoms with Gasteiger partial charge in [-0.25, -0.2) is 8.78 Å². The van der Waals surface area contributed by atoms with E-state index in [-0.39, 0.29) is 12.8 Å². The standard InChI is InChI=1S/C14H24F2/c1-11(12-5-3-2-4-6-12)13-7-9-14(15,16)10-8-13/h11-13H,2-10H2,1H3. The molecule has 0 aliphatic heterocycles. The summed E-state index contributed by atoms with van der Waals surface area (Å²) in [7, 11) is 0. The molecule has 2 fully saturated rings. The average molecular weight is 230 g/mol. The maximum absolute atomic E-state index is 13.1. The molecular formula is C14H24F2. The van der Waals surface area contributed by atoms with Crippen LogP contribution in [0.15, 0.2) is 0 Å². The minimum absolute atomic E-state index is 0.134. The zero-order valence-electron chi connectivity index (χ0n) is 10.4. The lowest BCUT2D eigenvalue weighted by Crippen LogP contribution is -2.31. The zero-order valence-corrected chi connectivity index (χ0v) is 10.4. The van der Waals surface area contributed by atoms with Gasteiger partial charge in [-0.2, -0.15) is 0 Å². The van der Waals surface area contributed by atoms with Crippen LogP contribution in [0.3, 0.4) is 0 Å². The van der Waals surface area contributed by atoms with E-state index >= 15 is 0 Å². The molecule has 0 heterocycles. The van der Waals surface area contributed by atoms with Crippen LogP contribution in [0.25, 0.3) is 0 Å². The number of halogens is 2. The Morgan fingerprint density at radius 2 is 1.38 bits per heavy atom. The molecule has 0 aromatic rings. The summed E-state index contributed by atoms with van der Waals surface area (Å²) in [6, 6.07) is 0. The third-order valence-corrected chi connectivity index (χ3v) is 4.90. The van der Waals surface area contributed by atoms with Gasteiger partial charge in [0.1, 0.15) is 0 Å². The van der Waals surface area contributed by atoms with Crippen molar-refractivity contribution in [3.8, 4) is 0 Å². The molecule has 0 amide bonds. The van der Waals surface area contributed by atoms with Crippen LogP contribution in [0.2, 0.25) is 0 Å². The first kappa shape index (κ1) is 12.3. The van der Waals surface area contributed by atoms with Crippen LogP contribution < -0.4 is 0 Å². The van der Waals surface area contributed by atoms with Crippen molar-refractivity contribution in [2.24, 2.45) is 17.8 Å². The van der Waals surface area contributed by atoms with Crippen LogP contribution in [-0.2, 0) is 0 Å². The molecule has 2 aliphatic carbocycles. The summed E-state index contributed by atoms with van der Waals surface area (Å²) in [5, 5.41) is 0. The van der Waals surface area contributed by atoms with Gasteiger partial charge in [-0.05, 0) is 30.6 Å². The summed E-state index contributed by atoms with van der Waals surface area (Å²) in [6.07, 6.45) is 8.56. The fourth-order valence-electron chi connectivity index (χ4n) is 3.63. The van der Waals surface area contributed by atoms with E-state index in [4.69, 9.17) is 0 Å². The van der Waals surface area contributed by atoms with E-state index in [2.05, 4.69) is 6.92 Å². The number of rotatable bonds is 2. The Morgan fingerprint density at radius 1 is 0.875 bits per heavy atom. The van der Waals surface area contributed by atoms with E-state index in [1.165, 1.54) is 32.1 Å². The van der Waals surface area contributed by atoms with Crippen molar-refractivity contribution in [2.45, 2.75) is 70.6 Å². The molecule has 94 valence electrons. The molecule has 0 bridgehead atoms. The smallest absolute Gasteiger partial charge is 0.207 e. The molecule has 0 N–H and O–H groups in total. The molecular weight excluding hydrogens is 206 g/mol. The maximum atomic E-state index is 13.1. The summed E-state index contributed by atoms with van der Waals surface area (Å²) in [6.45, 7) is 2.31. The van der Waals surface area contributed by atoms with Gasteiger partial charge in [0.05, 0.1) is 0 Å². The highest BCUT2D eigenvalue weighted by Crippen LogP contribution is 2.43. The van der Waals surface area contributed by atoms with Gasteiger partial charge >= 0.3 is 0 Å². The predicted molar refractivity (Wildman–Crippen MR) is 62.6 cm³/mol. The molecule has 0 aromatic heterocycles. The van der Waals surface area contributed by atoms with Crippen molar-refractivity contribution in [3.63, 3.8) is 0 Å². The molecule has 0 aromatic carbocycles. The van der Waals surface area contributed by atoms with Crippen molar-refractivity contribution in [1.82, 2.24) is 0 Å². The van der Waals surface area contributed by atoms with Crippen LogP contribution in [0.1, 0.15) is 64.7 Å². The lowest BCUT2D eigenvalue weighted by Gasteiger charge is -2.37.